The molecule has 1 heterocycles. The van der Waals surface area contributed by atoms with E-state index in [0.717, 1.165) is 24.7 Å². The predicted octanol–water partition coefficient (Wildman–Crippen LogP) is 3.44. The molecule has 0 radical (unpaired) electrons. The van der Waals surface area contributed by atoms with E-state index < -0.39 is 0 Å². The van der Waals surface area contributed by atoms with Crippen LogP contribution in [0.25, 0.3) is 0 Å². The molecule has 0 spiro atoms. The second-order valence-electron chi connectivity index (χ2n) is 6.87. The normalized spacial score (nSPS) is 19.3. The minimum Gasteiger partial charge on any atom is -0.359 e. The number of rotatable bonds is 4. The van der Waals surface area contributed by atoms with Crippen molar-refractivity contribution in [2.75, 3.05) is 18.5 Å². The van der Waals surface area contributed by atoms with Crippen molar-refractivity contribution in [2.45, 2.75) is 64.3 Å². The van der Waals surface area contributed by atoms with Crippen molar-refractivity contribution < 1.29 is 0 Å². The standard InChI is InChI=1S/C18H29N3/c1-21(13-14-7-3-2-4-8-14)18-16(12-19)11-15-9-5-6-10-17(15)20-18/h11,14H,2-10,12-13,19H2,1H3. The summed E-state index contributed by atoms with van der Waals surface area (Å²) < 4.78 is 0. The van der Waals surface area contributed by atoms with Gasteiger partial charge in [0.05, 0.1) is 0 Å². The zero-order valence-corrected chi connectivity index (χ0v) is 13.4. The summed E-state index contributed by atoms with van der Waals surface area (Å²) in [6.07, 6.45) is 11.9. The van der Waals surface area contributed by atoms with Gasteiger partial charge in [-0.3, -0.25) is 0 Å². The number of pyridine rings is 1. The first-order chi connectivity index (χ1) is 10.3. The highest BCUT2D eigenvalue weighted by molar-refractivity contribution is 5.50. The van der Waals surface area contributed by atoms with Crippen LogP contribution in [-0.2, 0) is 19.4 Å². The van der Waals surface area contributed by atoms with Gasteiger partial charge >= 0.3 is 0 Å². The number of anilines is 1. The Kier molecular flexibility index (Phi) is 4.79. The molecule has 2 aliphatic carbocycles. The van der Waals surface area contributed by atoms with Gasteiger partial charge in [-0.1, -0.05) is 19.3 Å². The van der Waals surface area contributed by atoms with Gasteiger partial charge in [0.2, 0.25) is 0 Å². The molecule has 116 valence electrons. The lowest BCUT2D eigenvalue weighted by Crippen LogP contribution is -2.29. The maximum Gasteiger partial charge on any atom is 0.133 e. The molecular weight excluding hydrogens is 258 g/mol. The van der Waals surface area contributed by atoms with Gasteiger partial charge < -0.3 is 10.6 Å². The Morgan fingerprint density at radius 3 is 2.67 bits per heavy atom. The average Bonchev–Trinajstić information content (AvgIpc) is 2.54. The lowest BCUT2D eigenvalue weighted by atomic mass is 9.89. The van der Waals surface area contributed by atoms with Crippen LogP contribution >= 0.6 is 0 Å². The molecule has 1 aromatic rings. The van der Waals surface area contributed by atoms with Gasteiger partial charge in [-0.15, -0.1) is 0 Å². The summed E-state index contributed by atoms with van der Waals surface area (Å²) in [6.45, 7) is 1.74. The summed E-state index contributed by atoms with van der Waals surface area (Å²) in [4.78, 5) is 7.36. The fourth-order valence-electron chi connectivity index (χ4n) is 3.99. The molecule has 2 N–H and O–H groups in total. The molecule has 3 heteroatoms. The Morgan fingerprint density at radius 1 is 1.14 bits per heavy atom. The zero-order chi connectivity index (χ0) is 14.7. The van der Waals surface area contributed by atoms with Gasteiger partial charge in [0.25, 0.3) is 0 Å². The summed E-state index contributed by atoms with van der Waals surface area (Å²) in [5.41, 5.74) is 9.98. The van der Waals surface area contributed by atoms with Crippen LogP contribution < -0.4 is 10.6 Å². The predicted molar refractivity (Wildman–Crippen MR) is 88.6 cm³/mol. The zero-order valence-electron chi connectivity index (χ0n) is 13.4. The number of hydrogen-bond donors (Lipinski definition) is 1. The van der Waals surface area contributed by atoms with Crippen LogP contribution in [0.4, 0.5) is 5.82 Å². The molecule has 0 bridgehead atoms. The largest absolute Gasteiger partial charge is 0.359 e. The summed E-state index contributed by atoms with van der Waals surface area (Å²) >= 11 is 0. The third-order valence-corrected chi connectivity index (χ3v) is 5.20. The summed E-state index contributed by atoms with van der Waals surface area (Å²) in [5.74, 6) is 1.98. The van der Waals surface area contributed by atoms with Gasteiger partial charge in [0, 0.05) is 31.4 Å². The number of aromatic nitrogens is 1. The van der Waals surface area contributed by atoms with Gasteiger partial charge in [-0.2, -0.15) is 0 Å². The van der Waals surface area contributed by atoms with Crippen molar-refractivity contribution >= 4 is 5.82 Å². The summed E-state index contributed by atoms with van der Waals surface area (Å²) in [7, 11) is 2.20. The molecule has 0 aliphatic heterocycles. The third kappa shape index (κ3) is 3.39. The molecule has 3 nitrogen and oxygen atoms in total. The third-order valence-electron chi connectivity index (χ3n) is 5.20. The molecule has 0 unspecified atom stereocenters. The van der Waals surface area contributed by atoms with Crippen molar-refractivity contribution in [3.8, 4) is 0 Å². The van der Waals surface area contributed by atoms with Gasteiger partial charge in [0.15, 0.2) is 0 Å². The molecule has 0 aromatic carbocycles. The molecule has 0 saturated heterocycles. The molecule has 3 rings (SSSR count). The van der Waals surface area contributed by atoms with E-state index in [0.29, 0.717) is 6.54 Å². The second-order valence-corrected chi connectivity index (χ2v) is 6.87. The fourth-order valence-corrected chi connectivity index (χ4v) is 3.99. The van der Waals surface area contributed by atoms with Gasteiger partial charge in [0.1, 0.15) is 5.82 Å². The molecule has 0 amide bonds. The van der Waals surface area contributed by atoms with Crippen LogP contribution in [-0.4, -0.2) is 18.6 Å². The summed E-state index contributed by atoms with van der Waals surface area (Å²) in [6, 6.07) is 2.33. The quantitative estimate of drug-likeness (QED) is 0.922. The van der Waals surface area contributed by atoms with E-state index >= 15 is 0 Å². The van der Waals surface area contributed by atoms with Crippen molar-refractivity contribution in [3.05, 3.63) is 22.9 Å². The van der Waals surface area contributed by atoms with Crippen LogP contribution in [0, 0.1) is 5.92 Å². The fraction of sp³-hybridized carbons (Fsp3) is 0.722. The van der Waals surface area contributed by atoms with Crippen molar-refractivity contribution in [1.82, 2.24) is 4.98 Å². The SMILES string of the molecule is CN(CC1CCCCC1)c1nc2c(cc1CN)CCCC2. The van der Waals surface area contributed by atoms with Crippen molar-refractivity contribution in [1.29, 1.82) is 0 Å². The van der Waals surface area contributed by atoms with E-state index in [1.807, 2.05) is 0 Å². The molecule has 1 fully saturated rings. The molecule has 1 aromatic heterocycles. The molecule has 21 heavy (non-hydrogen) atoms. The molecule has 0 atom stereocenters. The highest BCUT2D eigenvalue weighted by Gasteiger charge is 2.20. The molecule has 1 saturated carbocycles. The number of fused-ring (bicyclic) bond motifs is 1. The first kappa shape index (κ1) is 14.8. The van der Waals surface area contributed by atoms with E-state index in [4.69, 9.17) is 10.7 Å². The Morgan fingerprint density at radius 2 is 1.90 bits per heavy atom. The maximum atomic E-state index is 5.99. The summed E-state index contributed by atoms with van der Waals surface area (Å²) in [5, 5.41) is 0. The Bertz CT molecular complexity index is 478. The van der Waals surface area contributed by atoms with E-state index in [1.165, 1.54) is 68.2 Å². The minimum absolute atomic E-state index is 0.602. The van der Waals surface area contributed by atoms with E-state index in [9.17, 15) is 0 Å². The van der Waals surface area contributed by atoms with E-state index in [-0.39, 0.29) is 0 Å². The monoisotopic (exact) mass is 287 g/mol. The number of nitrogens with zero attached hydrogens (tertiary/aromatic N) is 2. The Balaban J connectivity index is 1.78. The topological polar surface area (TPSA) is 42.2 Å². The van der Waals surface area contributed by atoms with Crippen molar-refractivity contribution in [2.24, 2.45) is 11.7 Å². The van der Waals surface area contributed by atoms with Crippen LogP contribution in [0.15, 0.2) is 6.07 Å². The first-order valence-electron chi connectivity index (χ1n) is 8.71. The number of aryl methyl sites for hydroxylation is 2. The van der Waals surface area contributed by atoms with Gasteiger partial charge in [-0.05, 0) is 56.1 Å². The van der Waals surface area contributed by atoms with Crippen LogP contribution in [0.2, 0.25) is 0 Å². The highest BCUT2D eigenvalue weighted by Crippen LogP contribution is 2.29. The van der Waals surface area contributed by atoms with E-state index in [1.54, 1.807) is 0 Å². The maximum absolute atomic E-state index is 5.99. The first-order valence-corrected chi connectivity index (χ1v) is 8.71. The van der Waals surface area contributed by atoms with Gasteiger partial charge in [-0.25, -0.2) is 4.98 Å². The minimum atomic E-state index is 0.602. The molecular formula is C18H29N3. The number of hydrogen-bond acceptors (Lipinski definition) is 3. The lowest BCUT2D eigenvalue weighted by molar-refractivity contribution is 0.361. The average molecular weight is 287 g/mol. The van der Waals surface area contributed by atoms with Crippen LogP contribution in [0.1, 0.15) is 61.8 Å². The number of nitrogens with two attached hydrogens (primary N) is 1. The van der Waals surface area contributed by atoms with E-state index in [2.05, 4.69) is 18.0 Å². The molecule has 2 aliphatic rings. The second kappa shape index (κ2) is 6.78. The smallest absolute Gasteiger partial charge is 0.133 e. The van der Waals surface area contributed by atoms with Crippen LogP contribution in [0.5, 0.6) is 0 Å². The van der Waals surface area contributed by atoms with Crippen LogP contribution in [0.3, 0.4) is 0 Å². The van der Waals surface area contributed by atoms with Crippen molar-refractivity contribution in [3.63, 3.8) is 0 Å². The highest BCUT2D eigenvalue weighted by atomic mass is 15.2. The Hall–Kier alpha value is -1.09. The Labute approximate surface area is 128 Å². The lowest BCUT2D eigenvalue weighted by Gasteiger charge is -2.30.